The summed E-state index contributed by atoms with van der Waals surface area (Å²) in [4.78, 5) is 39.7. The van der Waals surface area contributed by atoms with Crippen molar-refractivity contribution in [2.24, 2.45) is 11.8 Å². The summed E-state index contributed by atoms with van der Waals surface area (Å²) < 4.78 is 10.9. The highest BCUT2D eigenvalue weighted by molar-refractivity contribution is 6.09. The summed E-state index contributed by atoms with van der Waals surface area (Å²) in [6, 6.07) is 2.86. The number of aliphatic carboxylic acids is 1. The summed E-state index contributed by atoms with van der Waals surface area (Å²) in [5.74, 6) is -2.53. The first-order chi connectivity index (χ1) is 13.7. The largest absolute Gasteiger partial charge is 0.496 e. The summed E-state index contributed by atoms with van der Waals surface area (Å²) in [5.41, 5.74) is -0.166. The highest BCUT2D eigenvalue weighted by Gasteiger charge is 2.66. The molecule has 0 saturated carbocycles. The Labute approximate surface area is 170 Å². The molecule has 4 unspecified atom stereocenters. The van der Waals surface area contributed by atoms with Gasteiger partial charge in [-0.1, -0.05) is 19.4 Å². The molecule has 1 aromatic carbocycles. The first-order valence-corrected chi connectivity index (χ1v) is 9.80. The fraction of sp³-hybridized carbons (Fsp3) is 0.571. The van der Waals surface area contributed by atoms with Crippen molar-refractivity contribution in [1.29, 1.82) is 0 Å². The molecule has 1 aromatic rings. The Balaban J connectivity index is 2.12. The number of likely N-dealkylation sites (tertiary alicyclic amines) is 1. The van der Waals surface area contributed by atoms with Gasteiger partial charge in [-0.05, 0) is 26.3 Å². The number of rotatable bonds is 7. The van der Waals surface area contributed by atoms with Crippen molar-refractivity contribution in [3.8, 4) is 11.5 Å². The molecule has 2 aliphatic rings. The van der Waals surface area contributed by atoms with Crippen molar-refractivity contribution in [3.05, 3.63) is 23.3 Å². The number of carbonyl (C=O) groups excluding carboxylic acids is 2. The van der Waals surface area contributed by atoms with Gasteiger partial charge < -0.3 is 14.6 Å². The van der Waals surface area contributed by atoms with Crippen molar-refractivity contribution in [1.82, 2.24) is 10.2 Å². The number of methoxy groups -OCH3 is 2. The van der Waals surface area contributed by atoms with Gasteiger partial charge in [-0.25, -0.2) is 0 Å². The van der Waals surface area contributed by atoms with Gasteiger partial charge in [-0.2, -0.15) is 0 Å². The van der Waals surface area contributed by atoms with Gasteiger partial charge in [0.1, 0.15) is 17.0 Å². The molecule has 0 aromatic heterocycles. The number of ether oxygens (including phenoxy) is 2. The van der Waals surface area contributed by atoms with Gasteiger partial charge >= 0.3 is 5.97 Å². The topological polar surface area (TPSA) is 105 Å². The quantitative estimate of drug-likeness (QED) is 0.669. The van der Waals surface area contributed by atoms with Crippen LogP contribution < -0.4 is 14.8 Å². The lowest BCUT2D eigenvalue weighted by atomic mass is 9.80. The fourth-order valence-corrected chi connectivity index (χ4v) is 4.63. The van der Waals surface area contributed by atoms with E-state index in [0.29, 0.717) is 30.0 Å². The highest BCUT2D eigenvalue weighted by atomic mass is 16.5. The maximum absolute atomic E-state index is 13.2. The number of nitrogens with zero attached hydrogens (tertiary/aromatic N) is 1. The maximum Gasteiger partial charge on any atom is 0.324 e. The van der Waals surface area contributed by atoms with Gasteiger partial charge in [-0.15, -0.1) is 0 Å². The van der Waals surface area contributed by atoms with Crippen molar-refractivity contribution in [3.63, 3.8) is 0 Å². The number of imide groups is 1. The smallest absolute Gasteiger partial charge is 0.324 e. The van der Waals surface area contributed by atoms with Gasteiger partial charge in [0.05, 0.1) is 26.1 Å². The van der Waals surface area contributed by atoms with Gasteiger partial charge in [0, 0.05) is 23.7 Å². The second kappa shape index (κ2) is 7.67. The number of fused-ring (bicyclic) bond motifs is 1. The number of carboxylic acid groups (broad SMARTS) is 1. The molecule has 2 heterocycles. The SMILES string of the molecule is CCCCN1C(=O)C2C(c3ccc(OC)c(C)c3OC)NC(C)(C(=O)O)C2C1=O. The van der Waals surface area contributed by atoms with E-state index in [1.807, 2.05) is 13.8 Å². The summed E-state index contributed by atoms with van der Waals surface area (Å²) in [7, 11) is 3.07. The minimum atomic E-state index is -1.55. The summed E-state index contributed by atoms with van der Waals surface area (Å²) in [5, 5.41) is 13.0. The molecule has 2 aliphatic heterocycles. The zero-order valence-electron chi connectivity index (χ0n) is 17.4. The second-order valence-electron chi connectivity index (χ2n) is 7.83. The molecule has 29 heavy (non-hydrogen) atoms. The molecule has 0 aliphatic carbocycles. The van der Waals surface area contributed by atoms with Gasteiger partial charge in [0.15, 0.2) is 0 Å². The Bertz CT molecular complexity index is 854. The van der Waals surface area contributed by atoms with E-state index in [0.717, 1.165) is 12.0 Å². The Morgan fingerprint density at radius 1 is 1.24 bits per heavy atom. The van der Waals surface area contributed by atoms with E-state index in [4.69, 9.17) is 9.47 Å². The predicted octanol–water partition coefficient (Wildman–Crippen LogP) is 1.90. The third-order valence-corrected chi connectivity index (χ3v) is 6.20. The third kappa shape index (κ3) is 3.06. The lowest BCUT2D eigenvalue weighted by molar-refractivity contribution is -0.150. The third-order valence-electron chi connectivity index (χ3n) is 6.20. The Morgan fingerprint density at radius 3 is 2.48 bits per heavy atom. The number of hydrogen-bond acceptors (Lipinski definition) is 6. The van der Waals surface area contributed by atoms with Crippen LogP contribution in [0, 0.1) is 18.8 Å². The number of unbranched alkanes of at least 4 members (excludes halogenated alkanes) is 1. The number of carboxylic acids is 1. The van der Waals surface area contributed by atoms with Crippen LogP contribution in [0.25, 0.3) is 0 Å². The summed E-state index contributed by atoms with van der Waals surface area (Å²) >= 11 is 0. The Kier molecular flexibility index (Phi) is 5.58. The van der Waals surface area contributed by atoms with Gasteiger partial charge in [0.25, 0.3) is 0 Å². The molecule has 0 spiro atoms. The first kappa shape index (κ1) is 21.1. The van der Waals surface area contributed by atoms with Crippen molar-refractivity contribution < 1.29 is 29.0 Å². The standard InChI is InChI=1S/C21H28N2O6/c1-6-7-10-23-18(24)14-15(19(23)25)21(3,20(26)27)22-16(14)12-8-9-13(28-4)11(2)17(12)29-5/h8-9,14-16,22H,6-7,10H2,1-5H3,(H,26,27). The zero-order valence-corrected chi connectivity index (χ0v) is 17.4. The van der Waals surface area contributed by atoms with Crippen LogP contribution in [0.1, 0.15) is 43.9 Å². The fourth-order valence-electron chi connectivity index (χ4n) is 4.63. The minimum absolute atomic E-state index is 0.308. The Morgan fingerprint density at radius 2 is 1.93 bits per heavy atom. The molecule has 0 bridgehead atoms. The van der Waals surface area contributed by atoms with Crippen molar-refractivity contribution in [2.45, 2.75) is 45.2 Å². The number of benzene rings is 1. The molecule has 4 atom stereocenters. The molecular weight excluding hydrogens is 376 g/mol. The predicted molar refractivity (Wildman–Crippen MR) is 105 cm³/mol. The van der Waals surface area contributed by atoms with Crippen LogP contribution in [0.15, 0.2) is 12.1 Å². The highest BCUT2D eigenvalue weighted by Crippen LogP contribution is 2.51. The average molecular weight is 404 g/mol. The average Bonchev–Trinajstić information content (AvgIpc) is 3.14. The van der Waals surface area contributed by atoms with Crippen LogP contribution in [0.5, 0.6) is 11.5 Å². The first-order valence-electron chi connectivity index (χ1n) is 9.80. The van der Waals surface area contributed by atoms with E-state index in [-0.39, 0.29) is 5.91 Å². The molecule has 2 N–H and O–H groups in total. The number of hydrogen-bond donors (Lipinski definition) is 2. The summed E-state index contributed by atoms with van der Waals surface area (Å²) in [6.45, 7) is 5.59. The van der Waals surface area contributed by atoms with E-state index in [1.54, 1.807) is 19.2 Å². The minimum Gasteiger partial charge on any atom is -0.496 e. The molecule has 2 amide bonds. The normalized spacial score (nSPS) is 28.6. The van der Waals surface area contributed by atoms with Gasteiger partial charge in [-0.3, -0.25) is 24.6 Å². The van der Waals surface area contributed by atoms with E-state index in [2.05, 4.69) is 5.32 Å². The molecule has 2 saturated heterocycles. The molecule has 2 fully saturated rings. The van der Waals surface area contributed by atoms with Crippen LogP contribution >= 0.6 is 0 Å². The van der Waals surface area contributed by atoms with Gasteiger partial charge in [0.2, 0.25) is 11.8 Å². The van der Waals surface area contributed by atoms with Crippen LogP contribution in [0.2, 0.25) is 0 Å². The molecule has 158 valence electrons. The van der Waals surface area contributed by atoms with Crippen LogP contribution in [0.3, 0.4) is 0 Å². The van der Waals surface area contributed by atoms with Crippen LogP contribution in [-0.4, -0.2) is 54.1 Å². The van der Waals surface area contributed by atoms with E-state index in [9.17, 15) is 19.5 Å². The molecule has 0 radical (unpaired) electrons. The van der Waals surface area contributed by atoms with Crippen molar-refractivity contribution in [2.75, 3.05) is 20.8 Å². The second-order valence-corrected chi connectivity index (χ2v) is 7.83. The number of nitrogens with one attached hydrogen (secondary N) is 1. The maximum atomic E-state index is 13.2. The number of carbonyl (C=O) groups is 3. The van der Waals surface area contributed by atoms with Crippen molar-refractivity contribution >= 4 is 17.8 Å². The Hall–Kier alpha value is -2.61. The molecule has 8 heteroatoms. The zero-order chi connectivity index (χ0) is 21.5. The molecule has 3 rings (SSSR count). The summed E-state index contributed by atoms with van der Waals surface area (Å²) in [6.07, 6.45) is 1.51. The van der Waals surface area contributed by atoms with E-state index in [1.165, 1.54) is 18.9 Å². The monoisotopic (exact) mass is 404 g/mol. The van der Waals surface area contributed by atoms with E-state index < -0.39 is 35.3 Å². The number of amides is 2. The van der Waals surface area contributed by atoms with Crippen LogP contribution in [-0.2, 0) is 14.4 Å². The lowest BCUT2D eigenvalue weighted by Gasteiger charge is -2.28. The molecule has 8 nitrogen and oxygen atoms in total. The molecular formula is C21H28N2O6. The lowest BCUT2D eigenvalue weighted by Crippen LogP contribution is -2.53. The van der Waals surface area contributed by atoms with E-state index >= 15 is 0 Å². The van der Waals surface area contributed by atoms with Crippen LogP contribution in [0.4, 0.5) is 0 Å².